The second-order valence-electron chi connectivity index (χ2n) is 5.52. The number of urea groups is 1. The lowest BCUT2D eigenvalue weighted by Gasteiger charge is -2.20. The van der Waals surface area contributed by atoms with E-state index in [4.69, 9.17) is 9.84 Å². The number of likely N-dealkylation sites (tertiary alicyclic amines) is 1. The molecule has 108 valence electrons. The number of hydrogen-bond donors (Lipinski definition) is 2. The summed E-state index contributed by atoms with van der Waals surface area (Å²) in [5, 5.41) is 11.8. The zero-order valence-corrected chi connectivity index (χ0v) is 11.3. The van der Waals surface area contributed by atoms with Gasteiger partial charge in [0.05, 0.1) is 6.10 Å². The molecule has 1 aliphatic carbocycles. The molecule has 2 amide bonds. The van der Waals surface area contributed by atoms with Crippen molar-refractivity contribution >= 4 is 12.0 Å². The van der Waals surface area contributed by atoms with Gasteiger partial charge in [-0.1, -0.05) is 0 Å². The topological polar surface area (TPSA) is 78.9 Å². The Morgan fingerprint density at radius 1 is 1.37 bits per heavy atom. The number of hydrogen-bond acceptors (Lipinski definition) is 3. The van der Waals surface area contributed by atoms with E-state index in [2.05, 4.69) is 5.32 Å². The molecule has 2 N–H and O–H groups in total. The van der Waals surface area contributed by atoms with Crippen molar-refractivity contribution in [3.63, 3.8) is 0 Å². The van der Waals surface area contributed by atoms with Gasteiger partial charge in [-0.15, -0.1) is 0 Å². The smallest absolute Gasteiger partial charge is 0.317 e. The summed E-state index contributed by atoms with van der Waals surface area (Å²) in [6.45, 7) is 1.21. The molecule has 1 saturated heterocycles. The van der Waals surface area contributed by atoms with Crippen LogP contribution in [0, 0.1) is 5.92 Å². The summed E-state index contributed by atoms with van der Waals surface area (Å²) in [4.78, 5) is 24.4. The number of nitrogens with zero attached hydrogens (tertiary/aromatic N) is 1. The summed E-state index contributed by atoms with van der Waals surface area (Å²) in [6.07, 6.45) is 4.00. The second kappa shape index (κ2) is 6.23. The van der Waals surface area contributed by atoms with Gasteiger partial charge in [-0.3, -0.25) is 4.79 Å². The fourth-order valence-corrected chi connectivity index (χ4v) is 2.98. The van der Waals surface area contributed by atoms with Gasteiger partial charge in [0, 0.05) is 32.7 Å². The van der Waals surface area contributed by atoms with Crippen molar-refractivity contribution in [2.24, 2.45) is 5.92 Å². The Bertz CT molecular complexity index is 348. The lowest BCUT2D eigenvalue weighted by atomic mass is 10.1. The number of methoxy groups -OCH3 is 1. The molecule has 6 heteroatoms. The van der Waals surface area contributed by atoms with E-state index >= 15 is 0 Å². The molecule has 0 aromatic carbocycles. The number of carboxylic acids is 1. The molecule has 1 heterocycles. The molecule has 0 radical (unpaired) electrons. The quantitative estimate of drug-likeness (QED) is 0.800. The third-order valence-electron chi connectivity index (χ3n) is 4.08. The van der Waals surface area contributed by atoms with Crippen LogP contribution in [0.4, 0.5) is 4.79 Å². The number of amides is 2. The summed E-state index contributed by atoms with van der Waals surface area (Å²) in [6, 6.07) is 0.130. The van der Waals surface area contributed by atoms with Crippen molar-refractivity contribution in [1.29, 1.82) is 0 Å². The summed E-state index contributed by atoms with van der Waals surface area (Å²) in [5.74, 6) is -0.690. The fraction of sp³-hybridized carbons (Fsp3) is 0.846. The van der Waals surface area contributed by atoms with Crippen LogP contribution in [-0.4, -0.2) is 54.4 Å². The third-order valence-corrected chi connectivity index (χ3v) is 4.08. The Labute approximate surface area is 113 Å². The molecule has 3 unspecified atom stereocenters. The molecule has 2 aliphatic rings. The molecule has 0 spiro atoms. The number of carbonyl (C=O) groups excluding carboxylic acids is 1. The Morgan fingerprint density at radius 3 is 2.79 bits per heavy atom. The lowest BCUT2D eigenvalue weighted by molar-refractivity contribution is -0.138. The van der Waals surface area contributed by atoms with Gasteiger partial charge in [0.1, 0.15) is 0 Å². The third kappa shape index (κ3) is 3.83. The number of ether oxygens (including phenoxy) is 1. The number of rotatable bonds is 4. The molecule has 19 heavy (non-hydrogen) atoms. The molecule has 1 aliphatic heterocycles. The van der Waals surface area contributed by atoms with Crippen LogP contribution in [0.2, 0.25) is 0 Å². The highest BCUT2D eigenvalue weighted by Crippen LogP contribution is 2.23. The Kier molecular flexibility index (Phi) is 4.63. The molecule has 0 bridgehead atoms. The number of carbonyl (C=O) groups is 2. The number of nitrogens with one attached hydrogen (secondary N) is 1. The predicted octanol–water partition coefficient (Wildman–Crippen LogP) is 1.06. The highest BCUT2D eigenvalue weighted by Gasteiger charge is 2.31. The first-order valence-corrected chi connectivity index (χ1v) is 6.88. The Balaban J connectivity index is 1.74. The van der Waals surface area contributed by atoms with E-state index in [0.717, 1.165) is 25.7 Å². The first kappa shape index (κ1) is 14.1. The zero-order valence-electron chi connectivity index (χ0n) is 11.3. The monoisotopic (exact) mass is 270 g/mol. The van der Waals surface area contributed by atoms with Gasteiger partial charge >= 0.3 is 12.0 Å². The summed E-state index contributed by atoms with van der Waals surface area (Å²) in [7, 11) is 1.70. The standard InChI is InChI=1S/C13H22N2O4/c1-19-11-3-2-10(7-11)14-13(18)15-5-4-9(8-15)6-12(16)17/h9-11H,2-8H2,1H3,(H,14,18)(H,16,17). The second-order valence-corrected chi connectivity index (χ2v) is 5.52. The lowest BCUT2D eigenvalue weighted by Crippen LogP contribution is -2.43. The maximum Gasteiger partial charge on any atom is 0.317 e. The van der Waals surface area contributed by atoms with Crippen LogP contribution in [0.1, 0.15) is 32.1 Å². The van der Waals surface area contributed by atoms with Crippen LogP contribution in [-0.2, 0) is 9.53 Å². The molecule has 3 atom stereocenters. The summed E-state index contributed by atoms with van der Waals surface area (Å²) in [5.41, 5.74) is 0. The largest absolute Gasteiger partial charge is 0.481 e. The molecular weight excluding hydrogens is 248 g/mol. The van der Waals surface area contributed by atoms with Gasteiger partial charge in [-0.05, 0) is 31.6 Å². The average molecular weight is 270 g/mol. The highest BCUT2D eigenvalue weighted by molar-refractivity contribution is 5.75. The molecular formula is C13H22N2O4. The van der Waals surface area contributed by atoms with Crippen molar-refractivity contribution in [2.75, 3.05) is 20.2 Å². The highest BCUT2D eigenvalue weighted by atomic mass is 16.5. The van der Waals surface area contributed by atoms with Crippen LogP contribution in [0.15, 0.2) is 0 Å². The van der Waals surface area contributed by atoms with Gasteiger partial charge in [0.25, 0.3) is 0 Å². The maximum atomic E-state index is 12.1. The fourth-order valence-electron chi connectivity index (χ4n) is 2.98. The van der Waals surface area contributed by atoms with Gasteiger partial charge < -0.3 is 20.1 Å². The normalized spacial score (nSPS) is 30.6. The van der Waals surface area contributed by atoms with E-state index in [9.17, 15) is 9.59 Å². The molecule has 2 fully saturated rings. The molecule has 2 rings (SSSR count). The van der Waals surface area contributed by atoms with E-state index in [1.54, 1.807) is 12.0 Å². The van der Waals surface area contributed by atoms with E-state index in [1.165, 1.54) is 0 Å². The molecule has 1 saturated carbocycles. The van der Waals surface area contributed by atoms with Crippen molar-refractivity contribution in [1.82, 2.24) is 10.2 Å². The van der Waals surface area contributed by atoms with Crippen LogP contribution in [0.5, 0.6) is 0 Å². The number of aliphatic carboxylic acids is 1. The Morgan fingerprint density at radius 2 is 2.16 bits per heavy atom. The van der Waals surface area contributed by atoms with Crippen LogP contribution < -0.4 is 5.32 Å². The SMILES string of the molecule is COC1CCC(NC(=O)N2CCC(CC(=O)O)C2)C1. The van der Waals surface area contributed by atoms with Crippen LogP contribution >= 0.6 is 0 Å². The van der Waals surface area contributed by atoms with Crippen molar-refractivity contribution in [2.45, 2.75) is 44.2 Å². The van der Waals surface area contributed by atoms with Crippen LogP contribution in [0.3, 0.4) is 0 Å². The van der Waals surface area contributed by atoms with Gasteiger partial charge in [0.2, 0.25) is 0 Å². The number of carboxylic acid groups (broad SMARTS) is 1. The van der Waals surface area contributed by atoms with Crippen molar-refractivity contribution in [3.8, 4) is 0 Å². The van der Waals surface area contributed by atoms with E-state index in [0.29, 0.717) is 13.1 Å². The Hall–Kier alpha value is -1.30. The van der Waals surface area contributed by atoms with Crippen molar-refractivity contribution in [3.05, 3.63) is 0 Å². The minimum absolute atomic E-state index is 0.0605. The zero-order chi connectivity index (χ0) is 13.8. The van der Waals surface area contributed by atoms with E-state index < -0.39 is 5.97 Å². The maximum absolute atomic E-state index is 12.1. The van der Waals surface area contributed by atoms with Crippen LogP contribution in [0.25, 0.3) is 0 Å². The molecule has 0 aromatic rings. The minimum atomic E-state index is -0.786. The van der Waals surface area contributed by atoms with E-state index in [1.807, 2.05) is 0 Å². The summed E-state index contributed by atoms with van der Waals surface area (Å²) < 4.78 is 5.28. The predicted molar refractivity (Wildman–Crippen MR) is 68.9 cm³/mol. The van der Waals surface area contributed by atoms with E-state index in [-0.39, 0.29) is 30.5 Å². The summed E-state index contributed by atoms with van der Waals surface area (Å²) >= 11 is 0. The van der Waals surface area contributed by atoms with Gasteiger partial charge in [0.15, 0.2) is 0 Å². The van der Waals surface area contributed by atoms with Gasteiger partial charge in [-0.2, -0.15) is 0 Å². The van der Waals surface area contributed by atoms with Gasteiger partial charge in [-0.25, -0.2) is 4.79 Å². The molecule has 6 nitrogen and oxygen atoms in total. The molecule has 0 aromatic heterocycles. The first-order valence-electron chi connectivity index (χ1n) is 6.88. The average Bonchev–Trinajstić information content (AvgIpc) is 2.97. The van der Waals surface area contributed by atoms with Crippen molar-refractivity contribution < 1.29 is 19.4 Å². The minimum Gasteiger partial charge on any atom is -0.481 e. The first-order chi connectivity index (χ1) is 9.08.